The van der Waals surface area contributed by atoms with E-state index in [4.69, 9.17) is 24.8 Å². The van der Waals surface area contributed by atoms with Crippen molar-refractivity contribution in [3.8, 4) is 0 Å². The number of rotatable bonds is 38. The highest BCUT2D eigenvalue weighted by Crippen LogP contribution is 2.43. The first-order valence-corrected chi connectivity index (χ1v) is 23.4. The fourth-order valence-electron chi connectivity index (χ4n) is 5.02. The molecular formula is C48H74NO13P. The first kappa shape index (κ1) is 58.8. The summed E-state index contributed by atoms with van der Waals surface area (Å²) in [7, 11) is -4.82. The Morgan fingerprint density at radius 3 is 1.75 bits per heavy atom. The monoisotopic (exact) mass is 903 g/mol. The van der Waals surface area contributed by atoms with E-state index in [1.54, 1.807) is 42.5 Å². The fourth-order valence-corrected chi connectivity index (χ4v) is 5.80. The molecule has 0 spiro atoms. The maximum Gasteiger partial charge on any atom is 0.472 e. The normalized spacial score (nSPS) is 16.3. The summed E-state index contributed by atoms with van der Waals surface area (Å²) in [6.07, 6.45) is 43.5. The minimum Gasteiger partial charge on any atom is -0.480 e. The van der Waals surface area contributed by atoms with E-state index in [9.17, 15) is 39.2 Å². The van der Waals surface area contributed by atoms with Gasteiger partial charge >= 0.3 is 25.7 Å². The van der Waals surface area contributed by atoms with Gasteiger partial charge in [-0.3, -0.25) is 23.4 Å². The van der Waals surface area contributed by atoms with Gasteiger partial charge in [0.1, 0.15) is 12.6 Å². The molecule has 0 aliphatic heterocycles. The second-order valence-electron chi connectivity index (χ2n) is 14.3. The molecule has 1 unspecified atom stereocenters. The molecule has 0 rings (SSSR count). The number of nitrogens with two attached hydrogens (primary N) is 1. The fraction of sp³-hybridized carbons (Fsp3) is 0.521. The standard InChI is InChI=1S/C48H74NO13P/c1-3-5-7-8-9-10-11-12-13-14-15-16-17-18-19-20-21-26-30-36-47(54)62-42(39-60-63(57,58)61-40-43(49)48(55)56)38-59-46(53)37-31-35-45(52)44(51)34-29-25-23-22-24-28-33-41(50)32-27-6-4-2/h5-7,9-10,12-13,15-16,18-19,22-25,27-29,33-34,41-45,50-52H,3-4,8,11,14,17,20-21,26,30-32,35-40,49H2,1-2H3,(H,55,56)(H,57,58)/b7-5-,10-9-,13-12-,16-15-,19-18-,24-22+,25-23-,27-6-,33-28+,34-29-/t41-,42-,43+,44+,45+/m1/s1. The molecule has 354 valence electrons. The van der Waals surface area contributed by atoms with E-state index in [-0.39, 0.29) is 25.7 Å². The minimum absolute atomic E-state index is 0.0395. The molecule has 0 aromatic heterocycles. The summed E-state index contributed by atoms with van der Waals surface area (Å²) in [6, 6.07) is -1.59. The minimum atomic E-state index is -4.82. The predicted molar refractivity (Wildman–Crippen MR) is 248 cm³/mol. The van der Waals surface area contributed by atoms with Crippen LogP contribution in [-0.2, 0) is 37.5 Å². The Balaban J connectivity index is 4.76. The van der Waals surface area contributed by atoms with Gasteiger partial charge in [0.25, 0.3) is 0 Å². The van der Waals surface area contributed by atoms with Crippen LogP contribution in [0.2, 0.25) is 0 Å². The zero-order chi connectivity index (χ0) is 46.8. The van der Waals surface area contributed by atoms with Crippen LogP contribution in [0.15, 0.2) is 122 Å². The van der Waals surface area contributed by atoms with Gasteiger partial charge in [0.2, 0.25) is 0 Å². The number of carbonyl (C=O) groups is 3. The maximum atomic E-state index is 12.6. The molecule has 0 bridgehead atoms. The molecule has 0 aromatic carbocycles. The van der Waals surface area contributed by atoms with Crippen molar-refractivity contribution < 1.29 is 62.8 Å². The molecule has 0 aromatic rings. The second-order valence-corrected chi connectivity index (χ2v) is 15.7. The molecule has 0 saturated heterocycles. The van der Waals surface area contributed by atoms with Crippen LogP contribution >= 0.6 is 7.82 Å². The Morgan fingerprint density at radius 1 is 0.619 bits per heavy atom. The van der Waals surface area contributed by atoms with Gasteiger partial charge in [-0.05, 0) is 77.0 Å². The Bertz CT molecular complexity index is 1580. The van der Waals surface area contributed by atoms with E-state index in [0.717, 1.165) is 57.8 Å². The number of carbonyl (C=O) groups excluding carboxylic acids is 2. The third kappa shape index (κ3) is 39.1. The molecule has 7 N–H and O–H groups in total. The molecule has 63 heavy (non-hydrogen) atoms. The van der Waals surface area contributed by atoms with Crippen LogP contribution in [0.4, 0.5) is 0 Å². The second kappa shape index (κ2) is 40.5. The van der Waals surface area contributed by atoms with Crippen molar-refractivity contribution in [1.29, 1.82) is 0 Å². The molecular weight excluding hydrogens is 829 g/mol. The molecule has 0 amide bonds. The summed E-state index contributed by atoms with van der Waals surface area (Å²) < 4.78 is 32.4. The van der Waals surface area contributed by atoms with Gasteiger partial charge in [-0.15, -0.1) is 0 Å². The number of carboxylic acid groups (broad SMARTS) is 1. The van der Waals surface area contributed by atoms with Crippen molar-refractivity contribution in [2.24, 2.45) is 5.73 Å². The smallest absolute Gasteiger partial charge is 0.472 e. The van der Waals surface area contributed by atoms with Crippen LogP contribution in [0.3, 0.4) is 0 Å². The topological polar surface area (TPSA) is 232 Å². The number of phosphoric ester groups is 1. The highest BCUT2D eigenvalue weighted by molar-refractivity contribution is 7.47. The molecule has 0 aliphatic carbocycles. The summed E-state index contributed by atoms with van der Waals surface area (Å²) in [5.74, 6) is -2.82. The molecule has 0 heterocycles. The van der Waals surface area contributed by atoms with Crippen molar-refractivity contribution in [3.63, 3.8) is 0 Å². The largest absolute Gasteiger partial charge is 0.480 e. The van der Waals surface area contributed by atoms with Crippen LogP contribution in [0.25, 0.3) is 0 Å². The number of aliphatic hydroxyl groups is 3. The molecule has 15 heteroatoms. The summed E-state index contributed by atoms with van der Waals surface area (Å²) >= 11 is 0. The molecule has 0 radical (unpaired) electrons. The quantitative estimate of drug-likeness (QED) is 0.0112. The van der Waals surface area contributed by atoms with Gasteiger partial charge in [0.05, 0.1) is 31.5 Å². The van der Waals surface area contributed by atoms with E-state index in [0.29, 0.717) is 12.8 Å². The lowest BCUT2D eigenvalue weighted by Gasteiger charge is -2.20. The third-order valence-electron chi connectivity index (χ3n) is 8.55. The van der Waals surface area contributed by atoms with Crippen molar-refractivity contribution in [2.75, 3.05) is 19.8 Å². The lowest BCUT2D eigenvalue weighted by molar-refractivity contribution is -0.161. The van der Waals surface area contributed by atoms with E-state index in [1.165, 1.54) is 6.08 Å². The highest BCUT2D eigenvalue weighted by atomic mass is 31.2. The third-order valence-corrected chi connectivity index (χ3v) is 9.50. The van der Waals surface area contributed by atoms with E-state index < -0.39 is 76.0 Å². The number of aliphatic carboxylic acids is 1. The van der Waals surface area contributed by atoms with Crippen LogP contribution in [0, 0.1) is 0 Å². The van der Waals surface area contributed by atoms with Gasteiger partial charge in [-0.1, -0.05) is 142 Å². The van der Waals surface area contributed by atoms with Gasteiger partial charge in [-0.25, -0.2) is 4.57 Å². The van der Waals surface area contributed by atoms with Crippen molar-refractivity contribution >= 4 is 25.7 Å². The van der Waals surface area contributed by atoms with Crippen LogP contribution in [0.5, 0.6) is 0 Å². The lowest BCUT2D eigenvalue weighted by atomic mass is 10.1. The maximum absolute atomic E-state index is 12.6. The SMILES string of the molecule is CC/C=C\C/C=C\C/C=C\C/C=C\C/C=C\CCCCCC(=O)O[C@H](COC(=O)CCC[C@H](O)[C@@H](O)\C=C/C=C\C=C\C=C\[C@H](O)C/C=C\CC)COP(=O)(O)OC[C@H](N)C(=O)O. The Labute approximate surface area is 375 Å². The summed E-state index contributed by atoms with van der Waals surface area (Å²) in [5, 5.41) is 39.3. The number of unbranched alkanes of at least 4 members (excludes halogenated alkanes) is 3. The average Bonchev–Trinajstić information content (AvgIpc) is 3.25. The number of hydrogen-bond donors (Lipinski definition) is 6. The highest BCUT2D eigenvalue weighted by Gasteiger charge is 2.28. The molecule has 0 fully saturated rings. The van der Waals surface area contributed by atoms with E-state index >= 15 is 0 Å². The summed E-state index contributed by atoms with van der Waals surface area (Å²) in [4.78, 5) is 46.0. The number of ether oxygens (including phenoxy) is 2. The molecule has 0 aliphatic rings. The van der Waals surface area contributed by atoms with Crippen LogP contribution in [0.1, 0.15) is 110 Å². The Kier molecular flexibility index (Phi) is 37.8. The zero-order valence-corrected chi connectivity index (χ0v) is 38.1. The number of aliphatic hydroxyl groups excluding tert-OH is 3. The first-order valence-electron chi connectivity index (χ1n) is 21.9. The number of phosphoric acid groups is 1. The average molecular weight is 904 g/mol. The molecule has 6 atom stereocenters. The predicted octanol–water partition coefficient (Wildman–Crippen LogP) is 8.52. The van der Waals surface area contributed by atoms with Gasteiger partial charge in [0, 0.05) is 12.8 Å². The van der Waals surface area contributed by atoms with Crippen molar-refractivity contribution in [1.82, 2.24) is 0 Å². The first-order chi connectivity index (χ1) is 30.3. The Morgan fingerprint density at radius 2 is 1.14 bits per heavy atom. The van der Waals surface area contributed by atoms with Crippen LogP contribution in [-0.4, -0.2) is 93.5 Å². The van der Waals surface area contributed by atoms with E-state index in [1.807, 2.05) is 19.1 Å². The van der Waals surface area contributed by atoms with Crippen molar-refractivity contribution in [3.05, 3.63) is 122 Å². The zero-order valence-electron chi connectivity index (χ0n) is 37.2. The lowest BCUT2D eigenvalue weighted by Crippen LogP contribution is -2.34. The van der Waals surface area contributed by atoms with Gasteiger partial charge in [-0.2, -0.15) is 0 Å². The van der Waals surface area contributed by atoms with Crippen molar-refractivity contribution in [2.45, 2.75) is 141 Å². The van der Waals surface area contributed by atoms with Crippen LogP contribution < -0.4 is 5.73 Å². The molecule has 14 nitrogen and oxygen atoms in total. The number of carboxylic acids is 1. The number of hydrogen-bond acceptors (Lipinski definition) is 12. The molecule has 0 saturated carbocycles. The number of esters is 2. The summed E-state index contributed by atoms with van der Waals surface area (Å²) in [6.45, 7) is 2.08. The Hall–Kier alpha value is -4.24. The van der Waals surface area contributed by atoms with E-state index in [2.05, 4.69) is 72.2 Å². The van der Waals surface area contributed by atoms with Gasteiger partial charge in [0.15, 0.2) is 6.10 Å². The van der Waals surface area contributed by atoms with Gasteiger partial charge < -0.3 is 40.5 Å². The number of allylic oxidation sites excluding steroid dienone is 17. The summed E-state index contributed by atoms with van der Waals surface area (Å²) in [5.41, 5.74) is 5.31.